The summed E-state index contributed by atoms with van der Waals surface area (Å²) in [5.41, 5.74) is 5.20. The number of rotatable bonds is 9. The van der Waals surface area contributed by atoms with Crippen LogP contribution in [0, 0.1) is 0 Å². The van der Waals surface area contributed by atoms with E-state index in [0.29, 0.717) is 18.8 Å². The van der Waals surface area contributed by atoms with Gasteiger partial charge in [-0.2, -0.15) is 0 Å². The molecule has 5 heteroatoms. The second kappa shape index (κ2) is 9.59. The van der Waals surface area contributed by atoms with E-state index in [4.69, 9.17) is 0 Å². The van der Waals surface area contributed by atoms with E-state index in [1.807, 2.05) is 25.5 Å². The van der Waals surface area contributed by atoms with Gasteiger partial charge in [-0.3, -0.25) is 14.5 Å². The topological polar surface area (TPSA) is 60.7 Å². The van der Waals surface area contributed by atoms with E-state index in [1.165, 1.54) is 11.1 Å². The Labute approximate surface area is 173 Å². The minimum atomic E-state index is -0.179. The molecule has 0 unspecified atom stereocenters. The maximum Gasteiger partial charge on any atom is 0.138 e. The van der Waals surface area contributed by atoms with Crippen LogP contribution in [0.5, 0.6) is 0 Å². The normalized spacial score (nSPS) is 12.3. The number of pyridine rings is 1. The van der Waals surface area contributed by atoms with Crippen LogP contribution < -0.4 is 0 Å². The Bertz CT molecular complexity index is 926. The van der Waals surface area contributed by atoms with Gasteiger partial charge >= 0.3 is 0 Å². The second-order valence-electron chi connectivity index (χ2n) is 8.03. The molecule has 2 heterocycles. The number of benzene rings is 1. The first-order valence-electron chi connectivity index (χ1n) is 10.4. The van der Waals surface area contributed by atoms with E-state index in [2.05, 4.69) is 66.4 Å². The molecule has 2 aromatic heterocycles. The molecule has 0 saturated carbocycles. The molecule has 0 bridgehead atoms. The Morgan fingerprint density at radius 3 is 2.31 bits per heavy atom. The van der Waals surface area contributed by atoms with E-state index >= 15 is 0 Å². The Morgan fingerprint density at radius 2 is 1.76 bits per heavy atom. The van der Waals surface area contributed by atoms with Crippen molar-refractivity contribution in [2.45, 2.75) is 58.3 Å². The van der Waals surface area contributed by atoms with Gasteiger partial charge in [-0.25, -0.2) is 0 Å². The summed E-state index contributed by atoms with van der Waals surface area (Å²) < 4.78 is 1.67. The van der Waals surface area contributed by atoms with E-state index in [1.54, 1.807) is 4.68 Å². The summed E-state index contributed by atoms with van der Waals surface area (Å²) in [6, 6.07) is 12.5. The summed E-state index contributed by atoms with van der Waals surface area (Å²) in [4.78, 5) is 17.5. The second-order valence-corrected chi connectivity index (χ2v) is 8.03. The van der Waals surface area contributed by atoms with Crippen LogP contribution in [0.15, 0.2) is 48.8 Å². The number of carbonyl (C=O) groups is 1. The molecule has 0 aliphatic heterocycles. The van der Waals surface area contributed by atoms with Gasteiger partial charge in [0.1, 0.15) is 5.78 Å². The molecule has 152 valence electrons. The van der Waals surface area contributed by atoms with Crippen LogP contribution in [0.1, 0.15) is 73.5 Å². The predicted molar refractivity (Wildman–Crippen MR) is 115 cm³/mol. The number of nitrogens with zero attached hydrogens (tertiary/aromatic N) is 4. The molecule has 0 amide bonds. The summed E-state index contributed by atoms with van der Waals surface area (Å²) in [5.74, 6) is 0.488. The SMILES string of the molecule is CCCc1ccc([C@H](CC(=O)Cc2ccc(C(C)C)cc2)c2cn(C)nn2)nc1. The molecule has 0 spiro atoms. The standard InChI is InChI=1S/C24H30N4O/c1-5-6-19-9-12-23(25-15-19)22(24-16-28(4)27-26-24)14-21(29)13-18-7-10-20(11-8-18)17(2)3/h7-12,15-17,22H,5-6,13-14H2,1-4H3/t22-/m0/s1. The summed E-state index contributed by atoms with van der Waals surface area (Å²) >= 11 is 0. The van der Waals surface area contributed by atoms with Crippen LogP contribution in [0.25, 0.3) is 0 Å². The Morgan fingerprint density at radius 1 is 1.03 bits per heavy atom. The van der Waals surface area contributed by atoms with Crippen LogP contribution in [0.3, 0.4) is 0 Å². The average Bonchev–Trinajstić information content (AvgIpc) is 3.13. The van der Waals surface area contributed by atoms with Gasteiger partial charge in [0.2, 0.25) is 0 Å². The first-order valence-corrected chi connectivity index (χ1v) is 10.4. The molecule has 3 aromatic rings. The molecular weight excluding hydrogens is 360 g/mol. The summed E-state index contributed by atoms with van der Waals surface area (Å²) in [6.07, 6.45) is 6.67. The zero-order valence-electron chi connectivity index (χ0n) is 17.8. The summed E-state index contributed by atoms with van der Waals surface area (Å²) in [6.45, 7) is 6.50. The molecule has 0 aliphatic rings. The fourth-order valence-corrected chi connectivity index (χ4v) is 3.51. The third-order valence-electron chi connectivity index (χ3n) is 5.20. The number of aromatic nitrogens is 4. The van der Waals surface area contributed by atoms with Crippen molar-refractivity contribution in [2.24, 2.45) is 7.05 Å². The van der Waals surface area contributed by atoms with Gasteiger partial charge in [-0.15, -0.1) is 5.10 Å². The van der Waals surface area contributed by atoms with Gasteiger partial charge in [-0.05, 0) is 35.1 Å². The highest BCUT2D eigenvalue weighted by atomic mass is 16.1. The van der Waals surface area contributed by atoms with E-state index in [9.17, 15) is 4.79 Å². The van der Waals surface area contributed by atoms with Crippen molar-refractivity contribution >= 4 is 5.78 Å². The van der Waals surface area contributed by atoms with E-state index < -0.39 is 0 Å². The van der Waals surface area contributed by atoms with Gasteiger partial charge in [0.05, 0.1) is 11.6 Å². The van der Waals surface area contributed by atoms with Crippen molar-refractivity contribution in [3.8, 4) is 0 Å². The fourth-order valence-electron chi connectivity index (χ4n) is 3.51. The lowest BCUT2D eigenvalue weighted by Gasteiger charge is -2.14. The zero-order valence-corrected chi connectivity index (χ0v) is 17.8. The van der Waals surface area contributed by atoms with Crippen molar-refractivity contribution in [3.63, 3.8) is 0 Å². The highest BCUT2D eigenvalue weighted by molar-refractivity contribution is 5.82. The monoisotopic (exact) mass is 390 g/mol. The van der Waals surface area contributed by atoms with Crippen LogP contribution >= 0.6 is 0 Å². The molecule has 1 atom stereocenters. The van der Waals surface area contributed by atoms with Gasteiger partial charge < -0.3 is 0 Å². The average molecular weight is 391 g/mol. The van der Waals surface area contributed by atoms with E-state index in [0.717, 1.165) is 29.8 Å². The van der Waals surface area contributed by atoms with Crippen LogP contribution in [0.2, 0.25) is 0 Å². The van der Waals surface area contributed by atoms with Crippen molar-refractivity contribution < 1.29 is 4.79 Å². The summed E-state index contributed by atoms with van der Waals surface area (Å²) in [5, 5.41) is 8.32. The van der Waals surface area contributed by atoms with Crippen LogP contribution in [0.4, 0.5) is 0 Å². The molecule has 0 aliphatic carbocycles. The molecule has 0 radical (unpaired) electrons. The fraction of sp³-hybridized carbons (Fsp3) is 0.417. The van der Waals surface area contributed by atoms with Crippen molar-refractivity contribution in [1.29, 1.82) is 0 Å². The van der Waals surface area contributed by atoms with Gasteiger partial charge in [0.25, 0.3) is 0 Å². The third-order valence-corrected chi connectivity index (χ3v) is 5.20. The highest BCUT2D eigenvalue weighted by Crippen LogP contribution is 2.26. The number of ketones is 1. The Kier molecular flexibility index (Phi) is 6.91. The smallest absolute Gasteiger partial charge is 0.138 e. The first kappa shape index (κ1) is 20.9. The number of carbonyl (C=O) groups excluding carboxylic acids is 1. The van der Waals surface area contributed by atoms with Crippen LogP contribution in [-0.4, -0.2) is 25.8 Å². The van der Waals surface area contributed by atoms with Gasteiger partial charge in [-0.1, -0.05) is 62.7 Å². The number of aryl methyl sites for hydroxylation is 2. The molecule has 3 rings (SSSR count). The first-order chi connectivity index (χ1) is 14.0. The van der Waals surface area contributed by atoms with Gasteiger partial charge in [0.15, 0.2) is 0 Å². The molecule has 0 fully saturated rings. The summed E-state index contributed by atoms with van der Waals surface area (Å²) in [7, 11) is 1.84. The zero-order chi connectivity index (χ0) is 20.8. The number of hydrogen-bond donors (Lipinski definition) is 0. The maximum absolute atomic E-state index is 12.9. The van der Waals surface area contributed by atoms with Gasteiger partial charge in [0, 0.05) is 38.0 Å². The lowest BCUT2D eigenvalue weighted by Crippen LogP contribution is -2.13. The Balaban J connectivity index is 1.76. The minimum absolute atomic E-state index is 0.178. The maximum atomic E-state index is 12.9. The Hall–Kier alpha value is -2.82. The molecular formula is C24H30N4O. The highest BCUT2D eigenvalue weighted by Gasteiger charge is 2.22. The molecule has 1 aromatic carbocycles. The quantitative estimate of drug-likeness (QED) is 0.535. The number of Topliss-reactive ketones (excluding diaryl/α,β-unsaturated/α-hetero) is 1. The van der Waals surface area contributed by atoms with Crippen molar-refractivity contribution in [3.05, 3.63) is 76.9 Å². The van der Waals surface area contributed by atoms with Crippen LogP contribution in [-0.2, 0) is 24.7 Å². The number of hydrogen-bond acceptors (Lipinski definition) is 4. The predicted octanol–water partition coefficient (Wildman–Crippen LogP) is 4.62. The molecule has 5 nitrogen and oxygen atoms in total. The third kappa shape index (κ3) is 5.59. The largest absolute Gasteiger partial charge is 0.299 e. The molecule has 0 N–H and O–H groups in total. The molecule has 0 saturated heterocycles. The lowest BCUT2D eigenvalue weighted by atomic mass is 9.92. The molecule has 29 heavy (non-hydrogen) atoms. The minimum Gasteiger partial charge on any atom is -0.299 e. The van der Waals surface area contributed by atoms with E-state index in [-0.39, 0.29) is 11.7 Å². The lowest BCUT2D eigenvalue weighted by molar-refractivity contribution is -0.118. The van der Waals surface area contributed by atoms with Crippen molar-refractivity contribution in [1.82, 2.24) is 20.0 Å². The van der Waals surface area contributed by atoms with Crippen molar-refractivity contribution in [2.75, 3.05) is 0 Å².